The van der Waals surface area contributed by atoms with E-state index < -0.39 is 0 Å². The first kappa shape index (κ1) is 18.3. The molecule has 0 aliphatic carbocycles. The number of hydrogen-bond donors (Lipinski definition) is 2. The maximum absolute atomic E-state index is 13.0. The van der Waals surface area contributed by atoms with Crippen molar-refractivity contribution in [3.63, 3.8) is 0 Å². The lowest BCUT2D eigenvalue weighted by Gasteiger charge is -2.32. The first-order chi connectivity index (χ1) is 13.7. The molecule has 0 bridgehead atoms. The first-order valence-corrected chi connectivity index (χ1v) is 9.72. The molecule has 1 saturated heterocycles. The SMILES string of the molecule is Nc1n[nH]c(C2CCN(C(=O)CC(Cc3ccccc3)c3ccco3)CC2)n1. The molecule has 0 radical (unpaired) electrons. The lowest BCUT2D eigenvalue weighted by atomic mass is 9.92. The monoisotopic (exact) mass is 379 g/mol. The first-order valence-electron chi connectivity index (χ1n) is 9.72. The van der Waals surface area contributed by atoms with Crippen LogP contribution in [-0.4, -0.2) is 39.1 Å². The molecule has 1 amide bonds. The van der Waals surface area contributed by atoms with E-state index in [1.165, 1.54) is 5.56 Å². The second-order valence-electron chi connectivity index (χ2n) is 7.34. The fourth-order valence-electron chi connectivity index (χ4n) is 3.91. The van der Waals surface area contributed by atoms with Crippen molar-refractivity contribution in [1.82, 2.24) is 20.1 Å². The minimum absolute atomic E-state index is 0.0386. The van der Waals surface area contributed by atoms with Crippen molar-refractivity contribution in [2.75, 3.05) is 18.8 Å². The summed E-state index contributed by atoms with van der Waals surface area (Å²) in [5.74, 6) is 2.45. The van der Waals surface area contributed by atoms with E-state index in [2.05, 4.69) is 27.3 Å². The van der Waals surface area contributed by atoms with Crippen LogP contribution in [0.5, 0.6) is 0 Å². The smallest absolute Gasteiger partial charge is 0.239 e. The number of H-pyrrole nitrogens is 1. The van der Waals surface area contributed by atoms with Gasteiger partial charge in [-0.2, -0.15) is 4.98 Å². The number of rotatable bonds is 6. The lowest BCUT2D eigenvalue weighted by molar-refractivity contribution is -0.132. The van der Waals surface area contributed by atoms with E-state index in [0.29, 0.717) is 6.42 Å². The molecule has 2 aromatic heterocycles. The van der Waals surface area contributed by atoms with Crippen LogP contribution in [0.3, 0.4) is 0 Å². The van der Waals surface area contributed by atoms with E-state index in [1.807, 2.05) is 35.2 Å². The van der Waals surface area contributed by atoms with Crippen molar-refractivity contribution in [3.05, 3.63) is 65.9 Å². The zero-order chi connectivity index (χ0) is 19.3. The third kappa shape index (κ3) is 4.24. The molecule has 1 fully saturated rings. The Morgan fingerprint density at radius 2 is 2.00 bits per heavy atom. The number of nitrogens with zero attached hydrogens (tertiary/aromatic N) is 3. The lowest BCUT2D eigenvalue weighted by Crippen LogP contribution is -2.38. The van der Waals surface area contributed by atoms with Gasteiger partial charge in [-0.3, -0.25) is 9.89 Å². The molecule has 4 rings (SSSR count). The van der Waals surface area contributed by atoms with Gasteiger partial charge < -0.3 is 15.1 Å². The molecule has 0 saturated carbocycles. The minimum atomic E-state index is 0.0386. The number of piperidine rings is 1. The molecule has 7 nitrogen and oxygen atoms in total. The van der Waals surface area contributed by atoms with Crippen LogP contribution in [0.1, 0.15) is 48.2 Å². The van der Waals surface area contributed by atoms with Gasteiger partial charge in [0.15, 0.2) is 0 Å². The van der Waals surface area contributed by atoms with Crippen molar-refractivity contribution < 1.29 is 9.21 Å². The third-order valence-electron chi connectivity index (χ3n) is 5.45. The average Bonchev–Trinajstić information content (AvgIpc) is 3.40. The summed E-state index contributed by atoms with van der Waals surface area (Å²) in [6, 6.07) is 14.1. The minimum Gasteiger partial charge on any atom is -0.469 e. The van der Waals surface area contributed by atoms with Crippen LogP contribution in [0.15, 0.2) is 53.1 Å². The number of aromatic nitrogens is 3. The van der Waals surface area contributed by atoms with Crippen LogP contribution >= 0.6 is 0 Å². The maximum Gasteiger partial charge on any atom is 0.239 e. The van der Waals surface area contributed by atoms with Crippen LogP contribution in [-0.2, 0) is 11.2 Å². The molecule has 28 heavy (non-hydrogen) atoms. The summed E-state index contributed by atoms with van der Waals surface area (Å²) in [5, 5.41) is 6.80. The molecule has 1 unspecified atom stereocenters. The highest BCUT2D eigenvalue weighted by molar-refractivity contribution is 5.77. The van der Waals surface area contributed by atoms with Crippen LogP contribution in [0.25, 0.3) is 0 Å². The van der Waals surface area contributed by atoms with E-state index in [9.17, 15) is 4.79 Å². The van der Waals surface area contributed by atoms with Crippen molar-refractivity contribution >= 4 is 11.9 Å². The second kappa shape index (κ2) is 8.29. The quantitative estimate of drug-likeness (QED) is 0.685. The molecule has 146 valence electrons. The highest BCUT2D eigenvalue weighted by Crippen LogP contribution is 2.29. The van der Waals surface area contributed by atoms with Gasteiger partial charge >= 0.3 is 0 Å². The molecule has 3 aromatic rings. The third-order valence-corrected chi connectivity index (χ3v) is 5.45. The number of anilines is 1. The molecule has 3 heterocycles. The number of benzene rings is 1. The van der Waals surface area contributed by atoms with Gasteiger partial charge in [-0.25, -0.2) is 0 Å². The number of likely N-dealkylation sites (tertiary alicyclic amines) is 1. The van der Waals surface area contributed by atoms with Gasteiger partial charge in [-0.05, 0) is 37.0 Å². The number of nitrogen functional groups attached to an aromatic ring is 1. The van der Waals surface area contributed by atoms with Gasteiger partial charge in [-0.15, -0.1) is 5.10 Å². The highest BCUT2D eigenvalue weighted by Gasteiger charge is 2.28. The molecule has 1 atom stereocenters. The van der Waals surface area contributed by atoms with Gasteiger partial charge in [0.25, 0.3) is 0 Å². The van der Waals surface area contributed by atoms with Crippen molar-refractivity contribution in [2.45, 2.75) is 37.5 Å². The zero-order valence-electron chi connectivity index (χ0n) is 15.8. The average molecular weight is 379 g/mol. The van der Waals surface area contributed by atoms with Crippen molar-refractivity contribution in [3.8, 4) is 0 Å². The number of furan rings is 1. The van der Waals surface area contributed by atoms with Crippen molar-refractivity contribution in [1.29, 1.82) is 0 Å². The summed E-state index contributed by atoms with van der Waals surface area (Å²) in [6.07, 6.45) is 4.64. The Morgan fingerprint density at radius 1 is 1.21 bits per heavy atom. The van der Waals surface area contributed by atoms with E-state index in [1.54, 1.807) is 6.26 Å². The number of nitrogens with two attached hydrogens (primary N) is 1. The number of nitrogens with one attached hydrogen (secondary N) is 1. The topological polar surface area (TPSA) is 101 Å². The Kier molecular flexibility index (Phi) is 5.41. The summed E-state index contributed by atoms with van der Waals surface area (Å²) < 4.78 is 5.63. The Hall–Kier alpha value is -3.09. The second-order valence-corrected chi connectivity index (χ2v) is 7.34. The Balaban J connectivity index is 1.38. The predicted molar refractivity (Wildman–Crippen MR) is 106 cm³/mol. The largest absolute Gasteiger partial charge is 0.469 e. The molecule has 1 aromatic carbocycles. The van der Waals surface area contributed by atoms with Crippen LogP contribution in [0.4, 0.5) is 5.95 Å². The number of carbonyl (C=O) groups is 1. The van der Waals surface area contributed by atoms with Gasteiger partial charge in [0, 0.05) is 31.3 Å². The number of amides is 1. The van der Waals surface area contributed by atoms with Crippen LogP contribution in [0, 0.1) is 0 Å². The molecular formula is C21H25N5O2. The van der Waals surface area contributed by atoms with Crippen molar-refractivity contribution in [2.24, 2.45) is 0 Å². The summed E-state index contributed by atoms with van der Waals surface area (Å²) in [5.41, 5.74) is 6.81. The van der Waals surface area contributed by atoms with E-state index in [0.717, 1.165) is 43.9 Å². The number of hydrogen-bond acceptors (Lipinski definition) is 5. The standard InChI is InChI=1S/C21H25N5O2/c22-21-23-20(24-25-21)16-8-10-26(11-9-16)19(27)14-17(18-7-4-12-28-18)13-15-5-2-1-3-6-15/h1-7,12,16-17H,8-11,13-14H2,(H3,22,23,24,25). The Labute approximate surface area is 163 Å². The van der Waals surface area contributed by atoms with E-state index in [4.69, 9.17) is 10.2 Å². The summed E-state index contributed by atoms with van der Waals surface area (Å²) >= 11 is 0. The van der Waals surface area contributed by atoms with Crippen LogP contribution in [0.2, 0.25) is 0 Å². The Bertz CT molecular complexity index is 883. The molecule has 1 aliphatic rings. The summed E-state index contributed by atoms with van der Waals surface area (Å²) in [4.78, 5) is 19.2. The fraction of sp³-hybridized carbons (Fsp3) is 0.381. The highest BCUT2D eigenvalue weighted by atomic mass is 16.3. The normalized spacial score (nSPS) is 16.2. The molecular weight excluding hydrogens is 354 g/mol. The zero-order valence-corrected chi connectivity index (χ0v) is 15.8. The van der Waals surface area contributed by atoms with Gasteiger partial charge in [0.2, 0.25) is 11.9 Å². The summed E-state index contributed by atoms with van der Waals surface area (Å²) in [7, 11) is 0. The Morgan fingerprint density at radius 3 is 2.64 bits per heavy atom. The van der Waals surface area contributed by atoms with Crippen LogP contribution < -0.4 is 5.73 Å². The number of aromatic amines is 1. The fourth-order valence-corrected chi connectivity index (χ4v) is 3.91. The molecule has 7 heteroatoms. The molecule has 3 N–H and O–H groups in total. The van der Waals surface area contributed by atoms with Gasteiger partial charge in [-0.1, -0.05) is 30.3 Å². The summed E-state index contributed by atoms with van der Waals surface area (Å²) in [6.45, 7) is 1.45. The van der Waals surface area contributed by atoms with Gasteiger partial charge in [0.05, 0.1) is 6.26 Å². The molecule has 1 aliphatic heterocycles. The van der Waals surface area contributed by atoms with Gasteiger partial charge in [0.1, 0.15) is 11.6 Å². The maximum atomic E-state index is 13.0. The van der Waals surface area contributed by atoms with E-state index in [-0.39, 0.29) is 23.7 Å². The number of carbonyl (C=O) groups excluding carboxylic acids is 1. The van der Waals surface area contributed by atoms with E-state index >= 15 is 0 Å². The molecule has 0 spiro atoms. The predicted octanol–water partition coefficient (Wildman–Crippen LogP) is 3.10.